The third-order valence-corrected chi connectivity index (χ3v) is 2.56. The molecule has 1 unspecified atom stereocenters. The van der Waals surface area contributed by atoms with E-state index >= 15 is 0 Å². The van der Waals surface area contributed by atoms with Gasteiger partial charge in [-0.1, -0.05) is 38.3 Å². The van der Waals surface area contributed by atoms with Crippen LogP contribution in [0.2, 0.25) is 0 Å². The van der Waals surface area contributed by atoms with Crippen molar-refractivity contribution in [1.82, 2.24) is 0 Å². The molecule has 0 spiro atoms. The van der Waals surface area contributed by atoms with Gasteiger partial charge in [-0.3, -0.25) is 4.79 Å². The fraction of sp³-hybridized carbons (Fsp3) is 0.769. The van der Waals surface area contributed by atoms with Crippen LogP contribution in [0.5, 0.6) is 0 Å². The Labute approximate surface area is 99.3 Å². The Morgan fingerprint density at radius 2 is 1.88 bits per heavy atom. The highest BCUT2D eigenvalue weighted by atomic mass is 16.1. The van der Waals surface area contributed by atoms with Crippen molar-refractivity contribution in [3.05, 3.63) is 12.2 Å². The molecule has 3 nitrogen and oxygen atoms in total. The maximum absolute atomic E-state index is 10.6. The fourth-order valence-electron chi connectivity index (χ4n) is 1.67. The van der Waals surface area contributed by atoms with Crippen LogP contribution in [0.25, 0.3) is 0 Å². The van der Waals surface area contributed by atoms with Crippen LogP contribution in [0.3, 0.4) is 0 Å². The van der Waals surface area contributed by atoms with Gasteiger partial charge in [0.2, 0.25) is 5.91 Å². The maximum Gasteiger partial charge on any atom is 0.218 e. The molecule has 94 valence electrons. The maximum atomic E-state index is 10.6. The van der Waals surface area contributed by atoms with Crippen molar-refractivity contribution in [2.24, 2.45) is 11.5 Å². The zero-order valence-corrected chi connectivity index (χ0v) is 10.5. The predicted octanol–water partition coefficient (Wildman–Crippen LogP) is 2.50. The van der Waals surface area contributed by atoms with Crippen molar-refractivity contribution in [1.29, 1.82) is 0 Å². The van der Waals surface area contributed by atoms with Gasteiger partial charge in [-0.15, -0.1) is 0 Å². The van der Waals surface area contributed by atoms with E-state index in [1.54, 1.807) is 0 Å². The molecule has 0 bridgehead atoms. The number of hydrogen-bond donors (Lipinski definition) is 2. The largest absolute Gasteiger partial charge is 0.370 e. The molecule has 1 amide bonds. The summed E-state index contributed by atoms with van der Waals surface area (Å²) >= 11 is 0. The molecule has 0 heterocycles. The number of hydrogen-bond acceptors (Lipinski definition) is 2. The van der Waals surface area contributed by atoms with Gasteiger partial charge in [0.1, 0.15) is 0 Å². The Morgan fingerprint density at radius 1 is 1.19 bits per heavy atom. The number of rotatable bonds is 10. The molecule has 4 N–H and O–H groups in total. The van der Waals surface area contributed by atoms with Crippen LogP contribution in [-0.4, -0.2) is 11.9 Å². The number of allylic oxidation sites excluding steroid dienone is 2. The van der Waals surface area contributed by atoms with Crippen LogP contribution < -0.4 is 11.5 Å². The van der Waals surface area contributed by atoms with Crippen LogP contribution in [0.15, 0.2) is 12.2 Å². The Morgan fingerprint density at radius 3 is 2.50 bits per heavy atom. The number of unbranched alkanes of at least 4 members (excludes halogenated alkanes) is 4. The number of carbonyl (C=O) groups excluding carboxylic acids is 1. The molecule has 0 aliphatic heterocycles. The van der Waals surface area contributed by atoms with Crippen molar-refractivity contribution >= 4 is 5.91 Å². The van der Waals surface area contributed by atoms with Crippen molar-refractivity contribution in [3.63, 3.8) is 0 Å². The number of primary amides is 1. The summed E-state index contributed by atoms with van der Waals surface area (Å²) in [5.41, 5.74) is 10.8. The lowest BCUT2D eigenvalue weighted by Gasteiger charge is -2.08. The van der Waals surface area contributed by atoms with Crippen LogP contribution in [0.4, 0.5) is 0 Å². The van der Waals surface area contributed by atoms with Gasteiger partial charge in [-0.25, -0.2) is 0 Å². The van der Waals surface area contributed by atoms with Gasteiger partial charge in [0.15, 0.2) is 0 Å². The molecule has 0 saturated carbocycles. The molecule has 0 aromatic rings. The molecule has 1 atom stereocenters. The van der Waals surface area contributed by atoms with Gasteiger partial charge in [0.05, 0.1) is 0 Å². The molecule has 0 aliphatic rings. The van der Waals surface area contributed by atoms with Crippen molar-refractivity contribution in [2.45, 2.75) is 64.3 Å². The highest BCUT2D eigenvalue weighted by Crippen LogP contribution is 2.08. The summed E-state index contributed by atoms with van der Waals surface area (Å²) in [6, 6.07) is -0.0440. The Balaban J connectivity index is 3.20. The van der Waals surface area contributed by atoms with E-state index in [0.29, 0.717) is 6.42 Å². The van der Waals surface area contributed by atoms with Crippen molar-refractivity contribution in [2.75, 3.05) is 0 Å². The fourth-order valence-corrected chi connectivity index (χ4v) is 1.67. The first kappa shape index (κ1) is 15.2. The highest BCUT2D eigenvalue weighted by Gasteiger charge is 2.05. The second-order valence-electron chi connectivity index (χ2n) is 4.30. The quantitative estimate of drug-likeness (QED) is 0.444. The second-order valence-corrected chi connectivity index (χ2v) is 4.30. The Hall–Kier alpha value is -0.830. The lowest BCUT2D eigenvalue weighted by molar-refractivity contribution is -0.118. The van der Waals surface area contributed by atoms with E-state index in [4.69, 9.17) is 11.5 Å². The van der Waals surface area contributed by atoms with E-state index in [1.807, 2.05) is 0 Å². The number of amides is 1. The average molecular weight is 226 g/mol. The summed E-state index contributed by atoms with van der Waals surface area (Å²) in [5.74, 6) is -0.294. The first-order chi connectivity index (χ1) is 7.66. The van der Waals surface area contributed by atoms with Crippen LogP contribution in [0, 0.1) is 0 Å². The van der Waals surface area contributed by atoms with E-state index in [-0.39, 0.29) is 11.9 Å². The van der Waals surface area contributed by atoms with Crippen LogP contribution in [-0.2, 0) is 4.79 Å². The standard InChI is InChI=1S/C13H26N2O/c1-2-3-4-5-6-7-8-9-10-12(14)11-13(15)16/h3-4,12H,2,5-11,14H2,1H3,(H2,15,16)/b4-3-. The topological polar surface area (TPSA) is 69.1 Å². The van der Waals surface area contributed by atoms with E-state index in [0.717, 1.165) is 19.3 Å². The summed E-state index contributed by atoms with van der Waals surface area (Å²) in [6.45, 7) is 2.15. The molecule has 16 heavy (non-hydrogen) atoms. The third-order valence-electron chi connectivity index (χ3n) is 2.56. The van der Waals surface area contributed by atoms with Crippen molar-refractivity contribution < 1.29 is 4.79 Å². The van der Waals surface area contributed by atoms with Gasteiger partial charge in [-0.05, 0) is 25.7 Å². The van der Waals surface area contributed by atoms with E-state index < -0.39 is 0 Å². The minimum Gasteiger partial charge on any atom is -0.370 e. The van der Waals surface area contributed by atoms with E-state index in [9.17, 15) is 4.79 Å². The van der Waals surface area contributed by atoms with Crippen LogP contribution in [0.1, 0.15) is 58.3 Å². The summed E-state index contributed by atoms with van der Waals surface area (Å²) in [4.78, 5) is 10.6. The predicted molar refractivity (Wildman–Crippen MR) is 68.9 cm³/mol. The molecule has 0 aliphatic carbocycles. The van der Waals surface area contributed by atoms with Gasteiger partial charge in [-0.2, -0.15) is 0 Å². The zero-order valence-electron chi connectivity index (χ0n) is 10.5. The molecular weight excluding hydrogens is 200 g/mol. The van der Waals surface area contributed by atoms with Crippen LogP contribution >= 0.6 is 0 Å². The number of nitrogens with two attached hydrogens (primary N) is 2. The summed E-state index contributed by atoms with van der Waals surface area (Å²) in [6.07, 6.45) is 12.8. The third kappa shape index (κ3) is 11.2. The first-order valence-corrected chi connectivity index (χ1v) is 6.35. The Kier molecular flexibility index (Phi) is 10.1. The van der Waals surface area contributed by atoms with Gasteiger partial charge in [0.25, 0.3) is 0 Å². The highest BCUT2D eigenvalue weighted by molar-refractivity contribution is 5.74. The molecule has 0 aromatic heterocycles. The van der Waals surface area contributed by atoms with Gasteiger partial charge in [0, 0.05) is 12.5 Å². The lowest BCUT2D eigenvalue weighted by atomic mass is 10.0. The zero-order chi connectivity index (χ0) is 12.2. The average Bonchev–Trinajstić information content (AvgIpc) is 2.21. The molecule has 0 aromatic carbocycles. The molecule has 0 fully saturated rings. The Bertz CT molecular complexity index is 202. The first-order valence-electron chi connectivity index (χ1n) is 6.35. The molecule has 0 radical (unpaired) electrons. The molecule has 0 saturated heterocycles. The minimum atomic E-state index is -0.294. The van der Waals surface area contributed by atoms with Crippen molar-refractivity contribution in [3.8, 4) is 0 Å². The molecular formula is C13H26N2O. The SMILES string of the molecule is CC/C=C\CCCCCCC(N)CC(N)=O. The van der Waals surface area contributed by atoms with Gasteiger partial charge < -0.3 is 11.5 Å². The molecule has 0 rings (SSSR count). The normalized spacial score (nSPS) is 13.1. The number of carbonyl (C=O) groups is 1. The van der Waals surface area contributed by atoms with Gasteiger partial charge >= 0.3 is 0 Å². The second kappa shape index (κ2) is 10.7. The smallest absolute Gasteiger partial charge is 0.218 e. The lowest BCUT2D eigenvalue weighted by Crippen LogP contribution is -2.27. The summed E-state index contributed by atoms with van der Waals surface area (Å²) < 4.78 is 0. The minimum absolute atomic E-state index is 0.0440. The summed E-state index contributed by atoms with van der Waals surface area (Å²) in [7, 11) is 0. The van der Waals surface area contributed by atoms with E-state index in [1.165, 1.54) is 25.7 Å². The monoisotopic (exact) mass is 226 g/mol. The molecule has 3 heteroatoms. The van der Waals surface area contributed by atoms with E-state index in [2.05, 4.69) is 19.1 Å². The summed E-state index contributed by atoms with van der Waals surface area (Å²) in [5, 5.41) is 0.